The number of hydrogen-bond acceptors (Lipinski definition) is 3. The Kier molecular flexibility index (Phi) is 2.25. The zero-order chi connectivity index (χ0) is 9.42. The van der Waals surface area contributed by atoms with Gasteiger partial charge in [-0.25, -0.2) is 9.97 Å². The van der Waals surface area contributed by atoms with E-state index in [0.717, 1.165) is 8.96 Å². The smallest absolute Gasteiger partial charge is 0.223 e. The molecule has 0 radical (unpaired) electrons. The van der Waals surface area contributed by atoms with Crippen molar-refractivity contribution in [3.63, 3.8) is 0 Å². The second-order valence-electron chi connectivity index (χ2n) is 2.47. The van der Waals surface area contributed by atoms with Gasteiger partial charge < -0.3 is 5.11 Å². The highest BCUT2D eigenvalue weighted by atomic mass is 127. The molecule has 0 aliphatic heterocycles. The third kappa shape index (κ3) is 1.55. The molecule has 2 rings (SSSR count). The molecule has 5 heteroatoms. The van der Waals surface area contributed by atoms with E-state index in [0.29, 0.717) is 5.52 Å². The Morgan fingerprint density at radius 2 is 2.15 bits per heavy atom. The van der Waals surface area contributed by atoms with Gasteiger partial charge in [0.25, 0.3) is 0 Å². The SMILES string of the molecule is Oc1c(I)ccc2cnc(Cl)nc12. The first kappa shape index (κ1) is 8.96. The average molecular weight is 306 g/mol. The molecule has 2 aromatic rings. The Morgan fingerprint density at radius 3 is 2.92 bits per heavy atom. The Balaban J connectivity index is 2.89. The number of nitrogens with zero attached hydrogens (tertiary/aromatic N) is 2. The third-order valence-corrected chi connectivity index (χ3v) is 2.70. The highest BCUT2D eigenvalue weighted by molar-refractivity contribution is 14.1. The van der Waals surface area contributed by atoms with Crippen molar-refractivity contribution in [1.82, 2.24) is 9.97 Å². The van der Waals surface area contributed by atoms with Gasteiger partial charge in [-0.15, -0.1) is 0 Å². The minimum absolute atomic E-state index is 0.143. The maximum atomic E-state index is 9.63. The van der Waals surface area contributed by atoms with Gasteiger partial charge in [0, 0.05) is 11.6 Å². The van der Waals surface area contributed by atoms with Gasteiger partial charge >= 0.3 is 0 Å². The van der Waals surface area contributed by atoms with E-state index in [1.807, 2.05) is 28.7 Å². The molecule has 0 bridgehead atoms. The van der Waals surface area contributed by atoms with Crippen LogP contribution in [0.2, 0.25) is 5.28 Å². The van der Waals surface area contributed by atoms with Crippen molar-refractivity contribution >= 4 is 45.1 Å². The van der Waals surface area contributed by atoms with E-state index in [9.17, 15) is 5.11 Å². The summed E-state index contributed by atoms with van der Waals surface area (Å²) in [5, 5.41) is 10.5. The van der Waals surface area contributed by atoms with Gasteiger partial charge in [-0.3, -0.25) is 0 Å². The molecule has 1 aromatic carbocycles. The normalized spacial score (nSPS) is 10.6. The van der Waals surface area contributed by atoms with Gasteiger partial charge in [0.2, 0.25) is 5.28 Å². The lowest BCUT2D eigenvalue weighted by Crippen LogP contribution is -1.86. The Labute approximate surface area is 92.9 Å². The number of hydrogen-bond donors (Lipinski definition) is 1. The molecule has 0 atom stereocenters. The van der Waals surface area contributed by atoms with Gasteiger partial charge in [-0.05, 0) is 46.3 Å². The number of fused-ring (bicyclic) bond motifs is 1. The van der Waals surface area contributed by atoms with Crippen molar-refractivity contribution in [3.8, 4) is 5.75 Å². The zero-order valence-electron chi connectivity index (χ0n) is 6.33. The maximum absolute atomic E-state index is 9.63. The Bertz CT molecular complexity index is 470. The van der Waals surface area contributed by atoms with Crippen molar-refractivity contribution in [3.05, 3.63) is 27.2 Å². The van der Waals surface area contributed by atoms with Crippen LogP contribution in [0.3, 0.4) is 0 Å². The van der Waals surface area contributed by atoms with E-state index in [1.165, 1.54) is 0 Å². The molecule has 0 saturated carbocycles. The van der Waals surface area contributed by atoms with Crippen LogP contribution in [-0.4, -0.2) is 15.1 Å². The number of rotatable bonds is 0. The Morgan fingerprint density at radius 1 is 1.38 bits per heavy atom. The van der Waals surface area contributed by atoms with Gasteiger partial charge in [0.15, 0.2) is 5.75 Å². The summed E-state index contributed by atoms with van der Waals surface area (Å²) in [6.45, 7) is 0. The Hall–Kier alpha value is -0.620. The summed E-state index contributed by atoms with van der Waals surface area (Å²) in [4.78, 5) is 7.75. The van der Waals surface area contributed by atoms with E-state index in [4.69, 9.17) is 11.6 Å². The molecular weight excluding hydrogens is 302 g/mol. The summed E-state index contributed by atoms with van der Waals surface area (Å²) < 4.78 is 0.750. The largest absolute Gasteiger partial charge is 0.505 e. The van der Waals surface area contributed by atoms with Gasteiger partial charge in [-0.1, -0.05) is 0 Å². The van der Waals surface area contributed by atoms with E-state index < -0.39 is 0 Å². The van der Waals surface area contributed by atoms with E-state index in [2.05, 4.69) is 9.97 Å². The fourth-order valence-corrected chi connectivity index (χ4v) is 1.60. The van der Waals surface area contributed by atoms with Crippen molar-refractivity contribution in [1.29, 1.82) is 0 Å². The number of phenolic OH excluding ortho intramolecular Hbond substituents is 1. The highest BCUT2D eigenvalue weighted by Crippen LogP contribution is 2.28. The summed E-state index contributed by atoms with van der Waals surface area (Å²) >= 11 is 7.64. The third-order valence-electron chi connectivity index (χ3n) is 1.65. The number of aromatic hydroxyl groups is 1. The molecule has 1 aromatic heterocycles. The summed E-state index contributed by atoms with van der Waals surface area (Å²) in [5.41, 5.74) is 0.493. The molecular formula is C8H4ClIN2O. The van der Waals surface area contributed by atoms with Crippen LogP contribution in [0.4, 0.5) is 0 Å². The molecule has 66 valence electrons. The second kappa shape index (κ2) is 3.26. The van der Waals surface area contributed by atoms with E-state index >= 15 is 0 Å². The first-order chi connectivity index (χ1) is 6.18. The lowest BCUT2D eigenvalue weighted by Gasteiger charge is -2.01. The number of halogens is 2. The zero-order valence-corrected chi connectivity index (χ0v) is 9.24. The van der Waals surface area contributed by atoms with Crippen LogP contribution in [0.1, 0.15) is 0 Å². The van der Waals surface area contributed by atoms with Crippen LogP contribution >= 0.6 is 34.2 Å². The van der Waals surface area contributed by atoms with E-state index in [-0.39, 0.29) is 11.0 Å². The van der Waals surface area contributed by atoms with Crippen molar-refractivity contribution in [2.24, 2.45) is 0 Å². The predicted octanol–water partition coefficient (Wildman–Crippen LogP) is 2.59. The van der Waals surface area contributed by atoms with Crippen LogP contribution in [-0.2, 0) is 0 Å². The first-order valence-corrected chi connectivity index (χ1v) is 4.94. The van der Waals surface area contributed by atoms with Crippen molar-refractivity contribution in [2.75, 3.05) is 0 Å². The van der Waals surface area contributed by atoms with E-state index in [1.54, 1.807) is 12.3 Å². The van der Waals surface area contributed by atoms with Crippen LogP contribution in [0, 0.1) is 3.57 Å². The monoisotopic (exact) mass is 306 g/mol. The molecule has 0 amide bonds. The number of benzene rings is 1. The van der Waals surface area contributed by atoms with Gasteiger partial charge in [0.05, 0.1) is 3.57 Å². The second-order valence-corrected chi connectivity index (χ2v) is 3.97. The topological polar surface area (TPSA) is 46.0 Å². The molecule has 1 N–H and O–H groups in total. The van der Waals surface area contributed by atoms with Crippen LogP contribution in [0.15, 0.2) is 18.3 Å². The molecule has 0 spiro atoms. The molecule has 0 fully saturated rings. The lowest BCUT2D eigenvalue weighted by molar-refractivity contribution is 0.476. The summed E-state index contributed by atoms with van der Waals surface area (Å²) in [7, 11) is 0. The number of phenols is 1. The minimum Gasteiger partial charge on any atom is -0.505 e. The molecule has 0 saturated heterocycles. The summed E-state index contributed by atoms with van der Waals surface area (Å²) in [5.74, 6) is 0.155. The molecule has 0 unspecified atom stereocenters. The fraction of sp³-hybridized carbons (Fsp3) is 0. The first-order valence-electron chi connectivity index (χ1n) is 3.48. The van der Waals surface area contributed by atoms with Crippen LogP contribution < -0.4 is 0 Å². The lowest BCUT2D eigenvalue weighted by atomic mass is 10.2. The molecule has 13 heavy (non-hydrogen) atoms. The molecule has 1 heterocycles. The predicted molar refractivity (Wildman–Crippen MR) is 58.9 cm³/mol. The fourth-order valence-electron chi connectivity index (χ4n) is 1.04. The van der Waals surface area contributed by atoms with Crippen molar-refractivity contribution < 1.29 is 5.11 Å². The summed E-state index contributed by atoms with van der Waals surface area (Å²) in [6.07, 6.45) is 1.58. The minimum atomic E-state index is 0.143. The standard InChI is InChI=1S/C8H4ClIN2O/c9-8-11-3-4-1-2-5(10)7(13)6(4)12-8/h1-3,13H. The van der Waals surface area contributed by atoms with Gasteiger partial charge in [-0.2, -0.15) is 0 Å². The number of aromatic nitrogens is 2. The molecule has 0 aliphatic carbocycles. The maximum Gasteiger partial charge on any atom is 0.223 e. The average Bonchev–Trinajstić information content (AvgIpc) is 2.12. The quantitative estimate of drug-likeness (QED) is 0.601. The van der Waals surface area contributed by atoms with Crippen LogP contribution in [0.5, 0.6) is 5.75 Å². The highest BCUT2D eigenvalue weighted by Gasteiger charge is 2.06. The van der Waals surface area contributed by atoms with Gasteiger partial charge in [0.1, 0.15) is 5.52 Å². The van der Waals surface area contributed by atoms with Crippen molar-refractivity contribution in [2.45, 2.75) is 0 Å². The molecule has 0 aliphatic rings. The summed E-state index contributed by atoms with van der Waals surface area (Å²) in [6, 6.07) is 3.64. The molecule has 3 nitrogen and oxygen atoms in total. The van der Waals surface area contributed by atoms with Crippen LogP contribution in [0.25, 0.3) is 10.9 Å².